The van der Waals surface area contributed by atoms with E-state index in [1.165, 1.54) is 0 Å². The van der Waals surface area contributed by atoms with E-state index in [9.17, 15) is 8.78 Å². The minimum Gasteiger partial charge on any atom is -0.496 e. The van der Waals surface area contributed by atoms with E-state index in [4.69, 9.17) is 0 Å². The molecule has 0 aromatic heterocycles. The van der Waals surface area contributed by atoms with Gasteiger partial charge in [0.15, 0.2) is 0 Å². The first-order valence-corrected chi connectivity index (χ1v) is 2.73. The Morgan fingerprint density at radius 3 is 2.56 bits per heavy atom. The highest BCUT2D eigenvalue weighted by molar-refractivity contribution is 4.60. The molecule has 0 saturated heterocycles. The zero-order valence-electron chi connectivity index (χ0n) is 5.15. The molecule has 3 heteroatoms. The lowest BCUT2D eigenvalue weighted by Crippen LogP contribution is -2.12. The third kappa shape index (κ3) is 3.94. The highest BCUT2D eigenvalue weighted by Gasteiger charge is 2.05. The zero-order chi connectivity index (χ0) is 7.11. The number of hydrogen-bond donors (Lipinski definition) is 0. The maximum atomic E-state index is 11.7. The second-order valence-corrected chi connectivity index (χ2v) is 1.56. The second kappa shape index (κ2) is 5.54. The summed E-state index contributed by atoms with van der Waals surface area (Å²) in [6.45, 7) is 2.01. The molecule has 0 aromatic carbocycles. The lowest BCUT2D eigenvalue weighted by molar-refractivity contribution is 0.101. The maximum Gasteiger partial charge on any atom is 0.128 e. The van der Waals surface area contributed by atoms with Gasteiger partial charge in [-0.1, -0.05) is 6.58 Å². The van der Waals surface area contributed by atoms with Crippen molar-refractivity contribution in [3.8, 4) is 0 Å². The summed E-state index contributed by atoms with van der Waals surface area (Å²) in [5.74, 6) is 0. The average molecular weight is 136 g/mol. The Bertz CT molecular complexity index is 75.5. The molecule has 0 spiro atoms. The van der Waals surface area contributed by atoms with Gasteiger partial charge >= 0.3 is 0 Å². The summed E-state index contributed by atoms with van der Waals surface area (Å²) in [6, 6.07) is 0. The number of rotatable bonds is 5. The molecule has 0 fully saturated rings. The summed E-state index contributed by atoms with van der Waals surface area (Å²) < 4.78 is 27.7. The first-order chi connectivity index (χ1) is 4.35. The van der Waals surface area contributed by atoms with Crippen LogP contribution in [-0.4, -0.2) is 19.5 Å². The van der Waals surface area contributed by atoms with Gasteiger partial charge in [-0.3, -0.25) is 4.39 Å². The highest BCUT2D eigenvalue weighted by atomic mass is 19.1. The molecule has 0 N–H and O–H groups in total. The molecular weight excluding hydrogens is 126 g/mol. The molecule has 9 heavy (non-hydrogen) atoms. The first kappa shape index (κ1) is 8.40. The fourth-order valence-electron chi connectivity index (χ4n) is 0.439. The smallest absolute Gasteiger partial charge is 0.128 e. The molecule has 0 aromatic rings. The molecule has 0 amide bonds. The third-order valence-electron chi connectivity index (χ3n) is 0.892. The SMILES string of the molecule is C=COC(CF)CCF. The fourth-order valence-corrected chi connectivity index (χ4v) is 0.439. The van der Waals surface area contributed by atoms with Gasteiger partial charge in [-0.25, -0.2) is 4.39 Å². The van der Waals surface area contributed by atoms with Crippen molar-refractivity contribution in [1.82, 2.24) is 0 Å². The average Bonchev–Trinajstić information content (AvgIpc) is 1.88. The van der Waals surface area contributed by atoms with Crippen LogP contribution in [0.2, 0.25) is 0 Å². The summed E-state index contributed by atoms with van der Waals surface area (Å²) in [4.78, 5) is 0. The molecule has 1 atom stereocenters. The van der Waals surface area contributed by atoms with Crippen LogP contribution in [0.4, 0.5) is 8.78 Å². The Morgan fingerprint density at radius 1 is 1.56 bits per heavy atom. The van der Waals surface area contributed by atoms with Crippen LogP contribution in [0.5, 0.6) is 0 Å². The Balaban J connectivity index is 3.28. The summed E-state index contributed by atoms with van der Waals surface area (Å²) in [6.07, 6.45) is 0.579. The molecule has 1 unspecified atom stereocenters. The summed E-state index contributed by atoms with van der Waals surface area (Å²) >= 11 is 0. The summed E-state index contributed by atoms with van der Waals surface area (Å²) in [5, 5.41) is 0. The van der Waals surface area contributed by atoms with Gasteiger partial charge in [0.05, 0.1) is 12.9 Å². The lowest BCUT2D eigenvalue weighted by atomic mass is 10.3. The van der Waals surface area contributed by atoms with E-state index >= 15 is 0 Å². The van der Waals surface area contributed by atoms with E-state index in [-0.39, 0.29) is 6.42 Å². The normalized spacial score (nSPS) is 12.7. The first-order valence-electron chi connectivity index (χ1n) is 2.73. The Hall–Kier alpha value is -0.600. The van der Waals surface area contributed by atoms with Crippen LogP contribution < -0.4 is 0 Å². The van der Waals surface area contributed by atoms with Crippen molar-refractivity contribution in [3.63, 3.8) is 0 Å². The van der Waals surface area contributed by atoms with Crippen molar-refractivity contribution in [2.45, 2.75) is 12.5 Å². The third-order valence-corrected chi connectivity index (χ3v) is 0.892. The van der Waals surface area contributed by atoms with E-state index in [0.717, 1.165) is 6.26 Å². The number of alkyl halides is 2. The lowest BCUT2D eigenvalue weighted by Gasteiger charge is -2.08. The van der Waals surface area contributed by atoms with Crippen molar-refractivity contribution >= 4 is 0 Å². The van der Waals surface area contributed by atoms with E-state index in [1.54, 1.807) is 0 Å². The van der Waals surface area contributed by atoms with Crippen molar-refractivity contribution in [2.75, 3.05) is 13.3 Å². The van der Waals surface area contributed by atoms with Crippen LogP contribution in [0.15, 0.2) is 12.8 Å². The number of ether oxygens (including phenoxy) is 1. The quantitative estimate of drug-likeness (QED) is 0.524. The Morgan fingerprint density at radius 2 is 2.22 bits per heavy atom. The molecule has 0 aliphatic heterocycles. The fraction of sp³-hybridized carbons (Fsp3) is 0.667. The summed E-state index contributed by atoms with van der Waals surface area (Å²) in [5.41, 5.74) is 0. The van der Waals surface area contributed by atoms with Crippen molar-refractivity contribution in [3.05, 3.63) is 12.8 Å². The monoisotopic (exact) mass is 136 g/mol. The molecule has 54 valence electrons. The molecule has 0 radical (unpaired) electrons. The topological polar surface area (TPSA) is 9.23 Å². The maximum absolute atomic E-state index is 11.7. The van der Waals surface area contributed by atoms with Gasteiger partial charge < -0.3 is 4.74 Å². The van der Waals surface area contributed by atoms with Gasteiger partial charge in [0.25, 0.3) is 0 Å². The predicted molar refractivity (Wildman–Crippen MR) is 31.6 cm³/mol. The van der Waals surface area contributed by atoms with Gasteiger partial charge in [-0.05, 0) is 0 Å². The second-order valence-electron chi connectivity index (χ2n) is 1.56. The van der Waals surface area contributed by atoms with E-state index in [1.807, 2.05) is 0 Å². The van der Waals surface area contributed by atoms with Gasteiger partial charge in [0.2, 0.25) is 0 Å². The molecular formula is C6H10F2O. The van der Waals surface area contributed by atoms with E-state index < -0.39 is 19.5 Å². The molecule has 0 saturated carbocycles. The molecule has 0 rings (SSSR count). The summed E-state index contributed by atoms with van der Waals surface area (Å²) in [7, 11) is 0. The minimum atomic E-state index is -0.657. The van der Waals surface area contributed by atoms with Gasteiger partial charge in [0.1, 0.15) is 12.8 Å². The zero-order valence-corrected chi connectivity index (χ0v) is 5.15. The molecule has 0 heterocycles. The Kier molecular flexibility index (Phi) is 5.17. The van der Waals surface area contributed by atoms with Crippen molar-refractivity contribution in [2.24, 2.45) is 0 Å². The van der Waals surface area contributed by atoms with Crippen LogP contribution in [0.3, 0.4) is 0 Å². The molecule has 1 nitrogen and oxygen atoms in total. The van der Waals surface area contributed by atoms with Crippen molar-refractivity contribution < 1.29 is 13.5 Å². The van der Waals surface area contributed by atoms with Crippen LogP contribution in [-0.2, 0) is 4.74 Å². The minimum absolute atomic E-state index is 0.0997. The van der Waals surface area contributed by atoms with E-state index in [2.05, 4.69) is 11.3 Å². The van der Waals surface area contributed by atoms with Gasteiger partial charge in [-0.2, -0.15) is 0 Å². The number of hydrogen-bond acceptors (Lipinski definition) is 1. The molecule has 0 aliphatic rings. The van der Waals surface area contributed by atoms with Gasteiger partial charge in [0, 0.05) is 6.42 Å². The largest absolute Gasteiger partial charge is 0.496 e. The van der Waals surface area contributed by atoms with Crippen LogP contribution >= 0.6 is 0 Å². The highest BCUT2D eigenvalue weighted by Crippen LogP contribution is 1.99. The van der Waals surface area contributed by atoms with Crippen molar-refractivity contribution in [1.29, 1.82) is 0 Å². The van der Waals surface area contributed by atoms with Crippen LogP contribution in [0.1, 0.15) is 6.42 Å². The number of halogens is 2. The van der Waals surface area contributed by atoms with Gasteiger partial charge in [-0.15, -0.1) is 0 Å². The Labute approximate surface area is 53.3 Å². The molecule has 0 bridgehead atoms. The van der Waals surface area contributed by atoms with E-state index in [0.29, 0.717) is 0 Å². The predicted octanol–water partition coefficient (Wildman–Crippen LogP) is 1.84. The van der Waals surface area contributed by atoms with Crippen LogP contribution in [0, 0.1) is 0 Å². The molecule has 0 aliphatic carbocycles. The van der Waals surface area contributed by atoms with Crippen LogP contribution in [0.25, 0.3) is 0 Å². The standard InChI is InChI=1S/C6H10F2O/c1-2-9-6(5-8)3-4-7/h2,6H,1,3-5H2.